The Morgan fingerprint density at radius 3 is 2.75 bits per heavy atom. The molecule has 0 radical (unpaired) electrons. The third-order valence-corrected chi connectivity index (χ3v) is 3.00. The van der Waals surface area contributed by atoms with E-state index in [1.54, 1.807) is 6.07 Å². The normalized spacial score (nSPS) is 15.5. The number of hydrogen-bond donors (Lipinski definition) is 1. The summed E-state index contributed by atoms with van der Waals surface area (Å²) in [6, 6.07) is 5.19. The van der Waals surface area contributed by atoms with Crippen molar-refractivity contribution < 1.29 is 9.59 Å². The number of amides is 3. The van der Waals surface area contributed by atoms with Crippen LogP contribution in [0.25, 0.3) is 0 Å². The molecule has 2 rings (SSSR count). The van der Waals surface area contributed by atoms with Gasteiger partial charge in [-0.2, -0.15) is 0 Å². The number of carbonyl (C=O) groups is 2. The highest BCUT2D eigenvalue weighted by Gasteiger charge is 2.31. The fraction of sp³-hybridized carbons (Fsp3) is 0.273. The molecule has 5 heteroatoms. The molecule has 1 heterocycles. The van der Waals surface area contributed by atoms with Crippen molar-refractivity contribution in [1.29, 1.82) is 0 Å². The topological polar surface area (TPSA) is 49.4 Å². The largest absolute Gasteiger partial charge is 0.329 e. The lowest BCUT2D eigenvalue weighted by molar-refractivity contribution is -0.115. The molecule has 0 atom stereocenters. The van der Waals surface area contributed by atoms with E-state index < -0.39 is 0 Å². The van der Waals surface area contributed by atoms with Crippen LogP contribution in [0.3, 0.4) is 0 Å². The van der Waals surface area contributed by atoms with Crippen LogP contribution in [-0.4, -0.2) is 18.5 Å². The molecule has 1 aromatic rings. The lowest BCUT2D eigenvalue weighted by Gasteiger charge is -2.16. The molecule has 1 N–H and O–H groups in total. The van der Waals surface area contributed by atoms with Crippen LogP contribution in [0.15, 0.2) is 22.7 Å². The maximum absolute atomic E-state index is 11.6. The number of imide groups is 1. The molecule has 84 valence electrons. The van der Waals surface area contributed by atoms with Crippen molar-refractivity contribution in [3.8, 4) is 0 Å². The minimum absolute atomic E-state index is 0.0814. The highest BCUT2D eigenvalue weighted by Crippen LogP contribution is 2.26. The van der Waals surface area contributed by atoms with E-state index in [9.17, 15) is 9.59 Å². The second kappa shape index (κ2) is 4.25. The monoisotopic (exact) mass is 282 g/mol. The summed E-state index contributed by atoms with van der Waals surface area (Å²) in [5.41, 5.74) is 1.64. The number of urea groups is 1. The molecule has 1 aromatic carbocycles. The summed E-state index contributed by atoms with van der Waals surface area (Å²) < 4.78 is 0.945. The molecule has 1 aliphatic heterocycles. The van der Waals surface area contributed by atoms with E-state index in [0.717, 1.165) is 16.5 Å². The fourth-order valence-corrected chi connectivity index (χ4v) is 2.13. The van der Waals surface area contributed by atoms with Crippen molar-refractivity contribution >= 4 is 33.6 Å². The van der Waals surface area contributed by atoms with Gasteiger partial charge in [-0.25, -0.2) is 9.69 Å². The molecule has 0 saturated carbocycles. The Hall–Kier alpha value is -1.36. The Bertz CT molecular complexity index is 443. The standard InChI is InChI=1S/C11H11BrN2O2/c1-2-7-5-8(12)3-4-9(7)14-10(15)6-13-11(14)16/h3-5H,2,6H2,1H3,(H,13,16). The summed E-state index contributed by atoms with van der Waals surface area (Å²) in [7, 11) is 0. The highest BCUT2D eigenvalue weighted by atomic mass is 79.9. The van der Waals surface area contributed by atoms with Gasteiger partial charge in [-0.05, 0) is 30.2 Å². The molecule has 1 aliphatic rings. The van der Waals surface area contributed by atoms with Crippen LogP contribution in [0.4, 0.5) is 10.5 Å². The molecule has 0 aromatic heterocycles. The van der Waals surface area contributed by atoms with E-state index in [2.05, 4.69) is 21.2 Å². The zero-order valence-electron chi connectivity index (χ0n) is 8.79. The van der Waals surface area contributed by atoms with Crippen LogP contribution in [-0.2, 0) is 11.2 Å². The first-order valence-corrected chi connectivity index (χ1v) is 5.82. The van der Waals surface area contributed by atoms with E-state index in [1.165, 1.54) is 4.90 Å². The average molecular weight is 283 g/mol. The molecule has 0 aliphatic carbocycles. The van der Waals surface area contributed by atoms with Crippen LogP contribution in [0.2, 0.25) is 0 Å². The van der Waals surface area contributed by atoms with Crippen LogP contribution in [0.1, 0.15) is 12.5 Å². The Labute approximate surface area is 102 Å². The molecular formula is C11H11BrN2O2. The number of anilines is 1. The van der Waals surface area contributed by atoms with Crippen molar-refractivity contribution in [3.63, 3.8) is 0 Å². The molecule has 0 bridgehead atoms. The predicted molar refractivity (Wildman–Crippen MR) is 64.4 cm³/mol. The Balaban J connectivity index is 2.47. The van der Waals surface area contributed by atoms with Crippen LogP contribution < -0.4 is 10.2 Å². The predicted octanol–water partition coefficient (Wildman–Crippen LogP) is 2.07. The van der Waals surface area contributed by atoms with Gasteiger partial charge in [0.25, 0.3) is 5.91 Å². The number of nitrogens with zero attached hydrogens (tertiary/aromatic N) is 1. The molecule has 1 saturated heterocycles. The minimum Gasteiger partial charge on any atom is -0.328 e. The van der Waals surface area contributed by atoms with Gasteiger partial charge in [0, 0.05) is 4.47 Å². The van der Waals surface area contributed by atoms with E-state index in [-0.39, 0.29) is 18.5 Å². The summed E-state index contributed by atoms with van der Waals surface area (Å²) in [6.45, 7) is 2.07. The van der Waals surface area contributed by atoms with E-state index in [4.69, 9.17) is 0 Å². The van der Waals surface area contributed by atoms with Gasteiger partial charge in [0.05, 0.1) is 12.2 Å². The number of aryl methyl sites for hydroxylation is 1. The molecule has 3 amide bonds. The summed E-state index contributed by atoms with van der Waals surface area (Å²) in [6.07, 6.45) is 0.770. The maximum Gasteiger partial charge on any atom is 0.329 e. The molecule has 4 nitrogen and oxygen atoms in total. The van der Waals surface area contributed by atoms with Gasteiger partial charge in [0.1, 0.15) is 0 Å². The number of nitrogens with one attached hydrogen (secondary N) is 1. The van der Waals surface area contributed by atoms with Gasteiger partial charge < -0.3 is 5.32 Å². The average Bonchev–Trinajstić information content (AvgIpc) is 2.59. The number of carbonyl (C=O) groups excluding carboxylic acids is 2. The molecule has 1 fully saturated rings. The minimum atomic E-state index is -0.345. The van der Waals surface area contributed by atoms with Crippen LogP contribution >= 0.6 is 15.9 Å². The van der Waals surface area contributed by atoms with Crippen LogP contribution in [0.5, 0.6) is 0 Å². The maximum atomic E-state index is 11.6. The third-order valence-electron chi connectivity index (χ3n) is 2.51. The highest BCUT2D eigenvalue weighted by molar-refractivity contribution is 9.10. The third kappa shape index (κ3) is 1.82. The first-order valence-electron chi connectivity index (χ1n) is 5.02. The van der Waals surface area contributed by atoms with Gasteiger partial charge in [-0.1, -0.05) is 22.9 Å². The van der Waals surface area contributed by atoms with Crippen molar-refractivity contribution in [2.75, 3.05) is 11.4 Å². The van der Waals surface area contributed by atoms with Crippen molar-refractivity contribution in [2.45, 2.75) is 13.3 Å². The van der Waals surface area contributed by atoms with Gasteiger partial charge in [-0.15, -0.1) is 0 Å². The summed E-state index contributed by atoms with van der Waals surface area (Å²) >= 11 is 3.37. The van der Waals surface area contributed by atoms with Gasteiger partial charge >= 0.3 is 6.03 Å². The Kier molecular flexibility index (Phi) is 2.96. The lowest BCUT2D eigenvalue weighted by Crippen LogP contribution is -2.31. The quantitative estimate of drug-likeness (QED) is 0.845. The lowest BCUT2D eigenvalue weighted by atomic mass is 10.1. The van der Waals surface area contributed by atoms with E-state index >= 15 is 0 Å². The Morgan fingerprint density at radius 1 is 1.44 bits per heavy atom. The van der Waals surface area contributed by atoms with Gasteiger partial charge in [0.2, 0.25) is 0 Å². The van der Waals surface area contributed by atoms with Gasteiger partial charge in [-0.3, -0.25) is 4.79 Å². The van der Waals surface area contributed by atoms with Crippen LogP contribution in [0, 0.1) is 0 Å². The molecule has 16 heavy (non-hydrogen) atoms. The second-order valence-corrected chi connectivity index (χ2v) is 4.43. The fourth-order valence-electron chi connectivity index (χ4n) is 1.72. The summed E-state index contributed by atoms with van der Waals surface area (Å²) in [5, 5.41) is 2.51. The number of hydrogen-bond acceptors (Lipinski definition) is 2. The first kappa shape index (κ1) is 11.1. The molecule has 0 unspecified atom stereocenters. The number of benzene rings is 1. The van der Waals surface area contributed by atoms with E-state index in [0.29, 0.717) is 5.69 Å². The first-order chi connectivity index (χ1) is 7.63. The number of halogens is 1. The SMILES string of the molecule is CCc1cc(Br)ccc1N1C(=O)CNC1=O. The zero-order valence-corrected chi connectivity index (χ0v) is 10.4. The van der Waals surface area contributed by atoms with Crippen molar-refractivity contribution in [2.24, 2.45) is 0 Å². The van der Waals surface area contributed by atoms with Gasteiger partial charge in [0.15, 0.2) is 0 Å². The Morgan fingerprint density at radius 2 is 2.19 bits per heavy atom. The summed E-state index contributed by atoms with van der Waals surface area (Å²) in [4.78, 5) is 24.3. The summed E-state index contributed by atoms with van der Waals surface area (Å²) in [5.74, 6) is -0.206. The number of rotatable bonds is 2. The molecular weight excluding hydrogens is 272 g/mol. The van der Waals surface area contributed by atoms with E-state index in [1.807, 2.05) is 19.1 Å². The van der Waals surface area contributed by atoms with Crippen molar-refractivity contribution in [3.05, 3.63) is 28.2 Å². The zero-order chi connectivity index (χ0) is 11.7. The van der Waals surface area contributed by atoms with Crippen molar-refractivity contribution in [1.82, 2.24) is 5.32 Å². The second-order valence-electron chi connectivity index (χ2n) is 3.51. The smallest absolute Gasteiger partial charge is 0.328 e. The molecule has 0 spiro atoms.